The van der Waals surface area contributed by atoms with Crippen molar-refractivity contribution in [3.05, 3.63) is 35.2 Å². The van der Waals surface area contributed by atoms with Gasteiger partial charge < -0.3 is 20.1 Å². The third kappa shape index (κ3) is 4.29. The molecular weight excluding hydrogens is 365 g/mol. The number of hydrogen-bond donors (Lipinski definition) is 3. The zero-order chi connectivity index (χ0) is 20.4. The summed E-state index contributed by atoms with van der Waals surface area (Å²) in [6.45, 7) is 4.13. The van der Waals surface area contributed by atoms with Gasteiger partial charge in [0.05, 0.1) is 12.8 Å². The number of aromatic amines is 1. The van der Waals surface area contributed by atoms with Gasteiger partial charge in [-0.3, -0.25) is 4.57 Å². The number of nitrogens with zero attached hydrogens (tertiary/aromatic N) is 3. The van der Waals surface area contributed by atoms with E-state index in [1.54, 1.807) is 28.5 Å². The van der Waals surface area contributed by atoms with E-state index < -0.39 is 7.44 Å². The molecule has 1 heterocycles. The highest BCUT2D eigenvalue weighted by Crippen LogP contribution is 2.62. The Morgan fingerprint density at radius 2 is 1.89 bits per heavy atom. The monoisotopic (exact) mass is 395 g/mol. The van der Waals surface area contributed by atoms with Gasteiger partial charge in [-0.25, -0.2) is 14.3 Å². The third-order valence-corrected chi connectivity index (χ3v) is 8.20. The molecule has 8 nitrogen and oxygen atoms in total. The Morgan fingerprint density at radius 3 is 2.37 bits per heavy atom. The molecule has 0 amide bonds. The molecule has 0 saturated heterocycles. The molecule has 2 aromatic rings. The standard InChI is InChI=1S/C18H30N5O3P/c1-12-8-14(9-15(26-7)17(12)24)16(27(25,22(3)4)23(5)6)11-20-18-19-10-13(2)21-18/h8-10,16,24H,11H2,1-7H3,(H2,19,20,21). The molecule has 27 heavy (non-hydrogen) atoms. The van der Waals surface area contributed by atoms with Crippen LogP contribution in [0.5, 0.6) is 11.5 Å². The number of phenolic OH excluding ortho intramolecular Hbond substituents is 1. The van der Waals surface area contributed by atoms with Gasteiger partial charge in [0.25, 0.3) is 0 Å². The molecule has 0 aliphatic carbocycles. The molecule has 9 heteroatoms. The Morgan fingerprint density at radius 1 is 1.26 bits per heavy atom. The van der Waals surface area contributed by atoms with Crippen molar-refractivity contribution in [1.29, 1.82) is 0 Å². The first-order chi connectivity index (χ1) is 12.6. The molecule has 0 fully saturated rings. The molecule has 2 rings (SSSR count). The molecule has 1 unspecified atom stereocenters. The van der Waals surface area contributed by atoms with E-state index in [1.807, 2.05) is 41.2 Å². The van der Waals surface area contributed by atoms with Crippen molar-refractivity contribution < 1.29 is 14.4 Å². The van der Waals surface area contributed by atoms with E-state index in [-0.39, 0.29) is 11.4 Å². The number of ether oxygens (including phenoxy) is 1. The quantitative estimate of drug-likeness (QED) is 0.591. The van der Waals surface area contributed by atoms with E-state index in [1.165, 1.54) is 7.11 Å². The Hall–Kier alpha value is -2.02. The summed E-state index contributed by atoms with van der Waals surface area (Å²) in [7, 11) is 5.80. The normalized spacial score (nSPS) is 13.2. The largest absolute Gasteiger partial charge is 0.504 e. The van der Waals surface area contributed by atoms with E-state index in [0.29, 0.717) is 23.8 Å². The van der Waals surface area contributed by atoms with Gasteiger partial charge in [-0.05, 0) is 59.2 Å². The number of aryl methyl sites for hydroxylation is 2. The molecule has 0 aliphatic heterocycles. The predicted octanol–water partition coefficient (Wildman–Crippen LogP) is 3.21. The van der Waals surface area contributed by atoms with Crippen LogP contribution in [0.4, 0.5) is 5.95 Å². The van der Waals surface area contributed by atoms with Gasteiger partial charge in [0.2, 0.25) is 7.44 Å². The van der Waals surface area contributed by atoms with E-state index in [4.69, 9.17) is 4.74 Å². The SMILES string of the molecule is COc1cc(C(CNc2ncc(C)[nH]2)P(=O)(N(C)C)N(C)C)cc(C)c1O. The molecule has 3 N–H and O–H groups in total. The molecule has 0 aliphatic rings. The second kappa shape index (κ2) is 8.33. The highest BCUT2D eigenvalue weighted by Gasteiger charge is 2.39. The van der Waals surface area contributed by atoms with E-state index >= 15 is 0 Å². The van der Waals surface area contributed by atoms with Gasteiger partial charge in [0.15, 0.2) is 17.4 Å². The lowest BCUT2D eigenvalue weighted by Crippen LogP contribution is -2.29. The molecule has 150 valence electrons. The van der Waals surface area contributed by atoms with Crippen LogP contribution in [0.3, 0.4) is 0 Å². The second-order valence-corrected chi connectivity index (χ2v) is 10.4. The minimum atomic E-state index is -2.97. The van der Waals surface area contributed by atoms with Crippen LogP contribution < -0.4 is 10.1 Å². The number of anilines is 1. The van der Waals surface area contributed by atoms with Crippen LogP contribution in [0.1, 0.15) is 22.5 Å². The highest BCUT2D eigenvalue weighted by atomic mass is 31.2. The first-order valence-corrected chi connectivity index (χ1v) is 10.4. The van der Waals surface area contributed by atoms with Gasteiger partial charge >= 0.3 is 0 Å². The first-order valence-electron chi connectivity index (χ1n) is 8.69. The summed E-state index contributed by atoms with van der Waals surface area (Å²) >= 11 is 0. The van der Waals surface area contributed by atoms with Gasteiger partial charge in [-0.2, -0.15) is 0 Å². The number of benzene rings is 1. The summed E-state index contributed by atoms with van der Waals surface area (Å²) in [4.78, 5) is 7.40. The lowest BCUT2D eigenvalue weighted by atomic mass is 10.1. The van der Waals surface area contributed by atoms with Crippen molar-refractivity contribution in [3.8, 4) is 11.5 Å². The number of aromatic nitrogens is 2. The average Bonchev–Trinajstić information content (AvgIpc) is 3.02. The number of imidazole rings is 1. The number of nitrogens with one attached hydrogen (secondary N) is 2. The summed E-state index contributed by atoms with van der Waals surface area (Å²) in [6, 6.07) is 3.61. The maximum atomic E-state index is 14.0. The number of phenols is 1. The highest BCUT2D eigenvalue weighted by molar-refractivity contribution is 7.59. The molecule has 1 atom stereocenters. The Balaban J connectivity index is 2.52. The van der Waals surface area contributed by atoms with Crippen LogP contribution in [0.25, 0.3) is 0 Å². The van der Waals surface area contributed by atoms with Gasteiger partial charge in [0.1, 0.15) is 0 Å². The van der Waals surface area contributed by atoms with Crippen molar-refractivity contribution in [2.75, 3.05) is 47.2 Å². The summed E-state index contributed by atoms with van der Waals surface area (Å²) in [5.41, 5.74) is 2.07. The van der Waals surface area contributed by atoms with Gasteiger partial charge in [0, 0.05) is 18.4 Å². The Kier molecular flexibility index (Phi) is 6.57. The number of hydrogen-bond acceptors (Lipinski definition) is 5. The third-order valence-electron chi connectivity index (χ3n) is 4.61. The smallest absolute Gasteiger partial charge is 0.224 e. The molecule has 0 spiro atoms. The zero-order valence-electron chi connectivity index (χ0n) is 17.1. The maximum Gasteiger partial charge on any atom is 0.224 e. The van der Waals surface area contributed by atoms with Crippen molar-refractivity contribution in [2.45, 2.75) is 19.5 Å². The summed E-state index contributed by atoms with van der Waals surface area (Å²) in [5, 5.41) is 13.4. The van der Waals surface area contributed by atoms with Crippen LogP contribution in [0.2, 0.25) is 0 Å². The minimum absolute atomic E-state index is 0.0964. The fourth-order valence-electron chi connectivity index (χ4n) is 3.16. The molecule has 1 aromatic carbocycles. The van der Waals surface area contributed by atoms with E-state index in [9.17, 15) is 9.67 Å². The molecule has 0 bridgehead atoms. The predicted molar refractivity (Wildman–Crippen MR) is 109 cm³/mol. The van der Waals surface area contributed by atoms with Crippen LogP contribution in [0.15, 0.2) is 18.3 Å². The molecule has 1 aromatic heterocycles. The Bertz CT molecular complexity index is 822. The topological polar surface area (TPSA) is 93.7 Å². The second-order valence-electron chi connectivity index (χ2n) is 6.98. The van der Waals surface area contributed by atoms with E-state index in [0.717, 1.165) is 11.3 Å². The van der Waals surface area contributed by atoms with Gasteiger partial charge in [-0.1, -0.05) is 6.07 Å². The van der Waals surface area contributed by atoms with Crippen LogP contribution in [-0.4, -0.2) is 66.3 Å². The fourth-order valence-corrected chi connectivity index (χ4v) is 5.86. The van der Waals surface area contributed by atoms with E-state index in [2.05, 4.69) is 15.3 Å². The summed E-state index contributed by atoms with van der Waals surface area (Å²) in [5.74, 6) is 1.09. The number of H-pyrrole nitrogens is 1. The fraction of sp³-hybridized carbons (Fsp3) is 0.500. The molecule has 0 radical (unpaired) electrons. The lowest BCUT2D eigenvalue weighted by Gasteiger charge is -2.37. The van der Waals surface area contributed by atoms with Crippen molar-refractivity contribution >= 4 is 13.4 Å². The van der Waals surface area contributed by atoms with Crippen molar-refractivity contribution in [2.24, 2.45) is 0 Å². The number of rotatable bonds is 8. The zero-order valence-corrected chi connectivity index (χ0v) is 18.0. The van der Waals surface area contributed by atoms with Crippen molar-refractivity contribution in [3.63, 3.8) is 0 Å². The van der Waals surface area contributed by atoms with Crippen molar-refractivity contribution in [1.82, 2.24) is 19.3 Å². The molecule has 0 saturated carbocycles. The van der Waals surface area contributed by atoms with Crippen LogP contribution in [0, 0.1) is 13.8 Å². The first kappa shape index (κ1) is 21.3. The molecular formula is C18H30N5O3P. The maximum absolute atomic E-state index is 14.0. The average molecular weight is 395 g/mol. The van der Waals surface area contributed by atoms with Crippen LogP contribution >= 0.6 is 7.44 Å². The number of aromatic hydroxyl groups is 1. The summed E-state index contributed by atoms with van der Waals surface area (Å²) < 4.78 is 22.9. The van der Waals surface area contributed by atoms with Crippen LogP contribution in [-0.2, 0) is 4.57 Å². The number of methoxy groups -OCH3 is 1. The Labute approximate surface area is 161 Å². The minimum Gasteiger partial charge on any atom is -0.504 e. The lowest BCUT2D eigenvalue weighted by molar-refractivity contribution is 0.370. The summed E-state index contributed by atoms with van der Waals surface area (Å²) in [6.07, 6.45) is 1.74. The van der Waals surface area contributed by atoms with Gasteiger partial charge in [-0.15, -0.1) is 0 Å².